The summed E-state index contributed by atoms with van der Waals surface area (Å²) in [6, 6.07) is 3.44. The molecular formula is C13H17BrO4. The second-order valence-electron chi connectivity index (χ2n) is 4.25. The SMILES string of the molecule is COc1cc(C(C)C(=O)O)c(Br)cc1OC(C)C. The van der Waals surface area contributed by atoms with E-state index in [9.17, 15) is 4.79 Å². The van der Waals surface area contributed by atoms with Crippen LogP contribution in [-0.2, 0) is 4.79 Å². The molecule has 0 aliphatic carbocycles. The third-order valence-electron chi connectivity index (χ3n) is 2.48. The molecule has 18 heavy (non-hydrogen) atoms. The number of hydrogen-bond acceptors (Lipinski definition) is 3. The van der Waals surface area contributed by atoms with Gasteiger partial charge in [0.05, 0.1) is 19.1 Å². The Morgan fingerprint density at radius 3 is 2.33 bits per heavy atom. The molecule has 4 nitrogen and oxygen atoms in total. The van der Waals surface area contributed by atoms with Crippen LogP contribution in [-0.4, -0.2) is 24.3 Å². The summed E-state index contributed by atoms with van der Waals surface area (Å²) < 4.78 is 11.5. The average molecular weight is 317 g/mol. The summed E-state index contributed by atoms with van der Waals surface area (Å²) in [7, 11) is 1.53. The fraction of sp³-hybridized carbons (Fsp3) is 0.462. The highest BCUT2D eigenvalue weighted by atomic mass is 79.9. The second kappa shape index (κ2) is 6.09. The number of benzene rings is 1. The van der Waals surface area contributed by atoms with Crippen LogP contribution < -0.4 is 9.47 Å². The lowest BCUT2D eigenvalue weighted by atomic mass is 10.0. The Hall–Kier alpha value is -1.23. The average Bonchev–Trinajstić information content (AvgIpc) is 2.27. The van der Waals surface area contributed by atoms with Crippen molar-refractivity contribution in [2.24, 2.45) is 0 Å². The number of hydrogen-bond donors (Lipinski definition) is 1. The van der Waals surface area contributed by atoms with E-state index in [1.165, 1.54) is 7.11 Å². The van der Waals surface area contributed by atoms with E-state index < -0.39 is 11.9 Å². The van der Waals surface area contributed by atoms with Crippen molar-refractivity contribution in [3.63, 3.8) is 0 Å². The lowest BCUT2D eigenvalue weighted by molar-refractivity contribution is -0.138. The van der Waals surface area contributed by atoms with Crippen molar-refractivity contribution in [3.8, 4) is 11.5 Å². The van der Waals surface area contributed by atoms with Crippen LogP contribution >= 0.6 is 15.9 Å². The third kappa shape index (κ3) is 3.38. The molecule has 0 heterocycles. The molecule has 0 aromatic heterocycles. The Balaban J connectivity index is 3.21. The van der Waals surface area contributed by atoms with Gasteiger partial charge in [0.1, 0.15) is 0 Å². The quantitative estimate of drug-likeness (QED) is 0.904. The van der Waals surface area contributed by atoms with E-state index in [4.69, 9.17) is 14.6 Å². The molecule has 0 aliphatic heterocycles. The molecule has 0 fully saturated rings. The highest BCUT2D eigenvalue weighted by molar-refractivity contribution is 9.10. The largest absolute Gasteiger partial charge is 0.493 e. The zero-order valence-corrected chi connectivity index (χ0v) is 12.4. The minimum absolute atomic E-state index is 0.0218. The summed E-state index contributed by atoms with van der Waals surface area (Å²) in [4.78, 5) is 11.0. The summed E-state index contributed by atoms with van der Waals surface area (Å²) in [5.41, 5.74) is 0.662. The van der Waals surface area contributed by atoms with Crippen molar-refractivity contribution >= 4 is 21.9 Å². The molecule has 0 saturated heterocycles. The van der Waals surface area contributed by atoms with Gasteiger partial charge in [-0.15, -0.1) is 0 Å². The topological polar surface area (TPSA) is 55.8 Å². The minimum atomic E-state index is -0.879. The van der Waals surface area contributed by atoms with Crippen LogP contribution in [0.1, 0.15) is 32.3 Å². The first-order chi connectivity index (χ1) is 8.36. The second-order valence-corrected chi connectivity index (χ2v) is 5.11. The highest BCUT2D eigenvalue weighted by Crippen LogP contribution is 2.37. The Morgan fingerprint density at radius 2 is 1.89 bits per heavy atom. The maximum atomic E-state index is 11.0. The van der Waals surface area contributed by atoms with Crippen LogP contribution in [0, 0.1) is 0 Å². The normalized spacial score (nSPS) is 12.3. The molecule has 1 aromatic rings. The van der Waals surface area contributed by atoms with Gasteiger partial charge < -0.3 is 14.6 Å². The number of carboxylic acid groups (broad SMARTS) is 1. The highest BCUT2D eigenvalue weighted by Gasteiger charge is 2.20. The van der Waals surface area contributed by atoms with Gasteiger partial charge in [-0.2, -0.15) is 0 Å². The summed E-state index contributed by atoms with van der Waals surface area (Å²) in [5, 5.41) is 9.05. The molecule has 1 atom stereocenters. The van der Waals surface area contributed by atoms with Crippen LogP contribution in [0.15, 0.2) is 16.6 Å². The van der Waals surface area contributed by atoms with Gasteiger partial charge in [-0.25, -0.2) is 0 Å². The molecule has 1 N–H and O–H groups in total. The van der Waals surface area contributed by atoms with Crippen LogP contribution in [0.5, 0.6) is 11.5 Å². The molecule has 5 heteroatoms. The molecule has 0 radical (unpaired) electrons. The number of aliphatic carboxylic acids is 1. The van der Waals surface area contributed by atoms with Crippen molar-refractivity contribution in [1.82, 2.24) is 0 Å². The number of ether oxygens (including phenoxy) is 2. The first kappa shape index (κ1) is 14.8. The summed E-state index contributed by atoms with van der Waals surface area (Å²) in [6.45, 7) is 5.47. The Kier molecular flexibility index (Phi) is 5.02. The lowest BCUT2D eigenvalue weighted by Crippen LogP contribution is -2.10. The number of carbonyl (C=O) groups is 1. The number of rotatable bonds is 5. The van der Waals surface area contributed by atoms with Crippen molar-refractivity contribution < 1.29 is 19.4 Å². The monoisotopic (exact) mass is 316 g/mol. The maximum Gasteiger partial charge on any atom is 0.310 e. The van der Waals surface area contributed by atoms with E-state index >= 15 is 0 Å². The molecule has 1 unspecified atom stereocenters. The Bertz CT molecular complexity index is 443. The van der Waals surface area contributed by atoms with Gasteiger partial charge in [-0.1, -0.05) is 15.9 Å². The van der Waals surface area contributed by atoms with Gasteiger partial charge in [-0.3, -0.25) is 4.79 Å². The van der Waals surface area contributed by atoms with E-state index in [2.05, 4.69) is 15.9 Å². The molecule has 1 rings (SSSR count). The first-order valence-electron chi connectivity index (χ1n) is 5.63. The van der Waals surface area contributed by atoms with Crippen molar-refractivity contribution in [2.75, 3.05) is 7.11 Å². The zero-order valence-electron chi connectivity index (χ0n) is 10.9. The third-order valence-corrected chi connectivity index (χ3v) is 3.17. The molecular weight excluding hydrogens is 300 g/mol. The fourth-order valence-corrected chi connectivity index (χ4v) is 2.19. The predicted molar refractivity (Wildman–Crippen MR) is 72.5 cm³/mol. The van der Waals surface area contributed by atoms with Gasteiger partial charge in [-0.05, 0) is 38.5 Å². The van der Waals surface area contributed by atoms with Gasteiger partial charge in [0.2, 0.25) is 0 Å². The Labute approximate surface area is 115 Å². The molecule has 0 saturated carbocycles. The van der Waals surface area contributed by atoms with Crippen molar-refractivity contribution in [2.45, 2.75) is 32.8 Å². The van der Waals surface area contributed by atoms with Crippen LogP contribution in [0.3, 0.4) is 0 Å². The molecule has 0 bridgehead atoms. The fourth-order valence-electron chi connectivity index (χ4n) is 1.52. The minimum Gasteiger partial charge on any atom is -0.493 e. The smallest absolute Gasteiger partial charge is 0.310 e. The molecule has 1 aromatic carbocycles. The van der Waals surface area contributed by atoms with Gasteiger partial charge in [0.25, 0.3) is 0 Å². The number of carboxylic acids is 1. The van der Waals surface area contributed by atoms with E-state index in [1.807, 2.05) is 13.8 Å². The van der Waals surface area contributed by atoms with E-state index in [0.717, 1.165) is 0 Å². The van der Waals surface area contributed by atoms with Crippen molar-refractivity contribution in [1.29, 1.82) is 0 Å². The summed E-state index contributed by atoms with van der Waals surface area (Å²) in [5.74, 6) is -0.354. The van der Waals surface area contributed by atoms with Crippen LogP contribution in [0.2, 0.25) is 0 Å². The summed E-state index contributed by atoms with van der Waals surface area (Å²) >= 11 is 3.37. The maximum absolute atomic E-state index is 11.0. The zero-order chi connectivity index (χ0) is 13.9. The lowest BCUT2D eigenvalue weighted by Gasteiger charge is -2.17. The molecule has 0 aliphatic rings. The Morgan fingerprint density at radius 1 is 1.28 bits per heavy atom. The molecule has 0 spiro atoms. The molecule has 100 valence electrons. The van der Waals surface area contributed by atoms with Gasteiger partial charge in [0, 0.05) is 4.47 Å². The van der Waals surface area contributed by atoms with E-state index in [1.54, 1.807) is 19.1 Å². The van der Waals surface area contributed by atoms with Gasteiger partial charge in [0.15, 0.2) is 11.5 Å². The van der Waals surface area contributed by atoms with Crippen LogP contribution in [0.25, 0.3) is 0 Å². The molecule has 0 amide bonds. The predicted octanol–water partition coefficient (Wildman–Crippen LogP) is 3.43. The summed E-state index contributed by atoms with van der Waals surface area (Å²) in [6.07, 6.45) is 0.0218. The number of halogens is 1. The van der Waals surface area contributed by atoms with Crippen LogP contribution in [0.4, 0.5) is 0 Å². The first-order valence-corrected chi connectivity index (χ1v) is 6.43. The standard InChI is InChI=1S/C13H17BrO4/c1-7(2)18-12-6-10(14)9(5-11(12)17-4)8(3)13(15)16/h5-8H,1-4H3,(H,15,16). The van der Waals surface area contributed by atoms with E-state index in [0.29, 0.717) is 21.5 Å². The number of methoxy groups -OCH3 is 1. The van der Waals surface area contributed by atoms with Gasteiger partial charge >= 0.3 is 5.97 Å². The van der Waals surface area contributed by atoms with E-state index in [-0.39, 0.29) is 6.10 Å². The van der Waals surface area contributed by atoms with Crippen molar-refractivity contribution in [3.05, 3.63) is 22.2 Å².